The van der Waals surface area contributed by atoms with E-state index in [0.29, 0.717) is 0 Å². The number of hydrogen-bond donors (Lipinski definition) is 0. The monoisotopic (exact) mass is 640 g/mol. The molecule has 0 fully saturated rings. The van der Waals surface area contributed by atoms with Gasteiger partial charge in [0.2, 0.25) is 5.78 Å². The fourth-order valence-electron chi connectivity index (χ4n) is 7.82. The number of benzene rings is 6. The van der Waals surface area contributed by atoms with E-state index in [1.54, 1.807) is 0 Å². The zero-order valence-electron chi connectivity index (χ0n) is 26.8. The van der Waals surface area contributed by atoms with E-state index in [-0.39, 0.29) is 0 Å². The molecule has 6 heteroatoms. The van der Waals surface area contributed by atoms with Gasteiger partial charge >= 0.3 is 0 Å². The number of imidazole rings is 2. The Hall–Kier alpha value is -6.92. The van der Waals surface area contributed by atoms with Gasteiger partial charge in [-0.1, -0.05) is 84.9 Å². The van der Waals surface area contributed by atoms with Crippen molar-refractivity contribution in [2.45, 2.75) is 0 Å². The van der Waals surface area contributed by atoms with Gasteiger partial charge in [0, 0.05) is 50.9 Å². The number of aromatic nitrogens is 6. The SMILES string of the molecule is c1cc(-c2cccc(-n3c4ccccc4c4cc(-n5c6ccccc6c6ccccc65)ccc43)n2)cc(-n2ccn3c4ccccc4nc23)c1. The van der Waals surface area contributed by atoms with Crippen molar-refractivity contribution in [2.75, 3.05) is 0 Å². The van der Waals surface area contributed by atoms with Gasteiger partial charge in [0.1, 0.15) is 5.82 Å². The molecule has 5 heterocycles. The summed E-state index contributed by atoms with van der Waals surface area (Å²) in [5, 5.41) is 4.91. The highest BCUT2D eigenvalue weighted by molar-refractivity contribution is 6.12. The minimum absolute atomic E-state index is 0.881. The maximum Gasteiger partial charge on any atom is 0.219 e. The van der Waals surface area contributed by atoms with Crippen LogP contribution in [-0.4, -0.2) is 28.1 Å². The Morgan fingerprint density at radius 2 is 1.04 bits per heavy atom. The van der Waals surface area contributed by atoms with Crippen molar-refractivity contribution in [3.05, 3.63) is 170 Å². The molecule has 0 aliphatic heterocycles. The lowest BCUT2D eigenvalue weighted by molar-refractivity contribution is 1.07. The zero-order chi connectivity index (χ0) is 32.8. The van der Waals surface area contributed by atoms with Crippen LogP contribution in [0.15, 0.2) is 170 Å². The van der Waals surface area contributed by atoms with Crippen molar-refractivity contribution in [3.63, 3.8) is 0 Å². The Labute approximate surface area is 286 Å². The first-order valence-corrected chi connectivity index (χ1v) is 16.8. The van der Waals surface area contributed by atoms with Crippen LogP contribution < -0.4 is 0 Å². The number of hydrogen-bond acceptors (Lipinski definition) is 2. The lowest BCUT2D eigenvalue weighted by Gasteiger charge is -2.11. The maximum absolute atomic E-state index is 5.29. The van der Waals surface area contributed by atoms with Crippen molar-refractivity contribution in [1.82, 2.24) is 28.1 Å². The summed E-state index contributed by atoms with van der Waals surface area (Å²) in [5.74, 6) is 1.77. The van der Waals surface area contributed by atoms with Gasteiger partial charge in [0.15, 0.2) is 0 Å². The normalized spacial score (nSPS) is 12.0. The van der Waals surface area contributed by atoms with Gasteiger partial charge in [0.05, 0.1) is 38.8 Å². The summed E-state index contributed by atoms with van der Waals surface area (Å²) in [6.45, 7) is 0. The third-order valence-corrected chi connectivity index (χ3v) is 10.0. The van der Waals surface area contributed by atoms with Gasteiger partial charge < -0.3 is 4.57 Å². The molecule has 6 aromatic carbocycles. The number of fused-ring (bicyclic) bond motifs is 9. The number of para-hydroxylation sites is 5. The molecule has 0 aliphatic rings. The standard InChI is InChI=1S/C44H28N6/c1-5-18-38-32(13-1)33-14-2-6-19-39(33)49(38)31-23-24-41-35(28-31)34-15-3-7-20-40(34)50(41)43-22-10-17-36(45-43)29-11-9-12-30(27-29)47-25-26-48-42-21-8-4-16-37(42)46-44(47)48/h1-28H. The molecule has 234 valence electrons. The largest absolute Gasteiger partial charge is 0.309 e. The van der Waals surface area contributed by atoms with Crippen LogP contribution in [-0.2, 0) is 0 Å². The fraction of sp³-hybridized carbons (Fsp3) is 0. The van der Waals surface area contributed by atoms with Crippen LogP contribution in [0.3, 0.4) is 0 Å². The smallest absolute Gasteiger partial charge is 0.219 e. The van der Waals surface area contributed by atoms with Crippen LogP contribution >= 0.6 is 0 Å². The lowest BCUT2D eigenvalue weighted by atomic mass is 10.1. The van der Waals surface area contributed by atoms with Gasteiger partial charge in [-0.3, -0.25) is 13.5 Å². The quantitative estimate of drug-likeness (QED) is 0.192. The Balaban J connectivity index is 1.06. The van der Waals surface area contributed by atoms with Gasteiger partial charge in [-0.2, -0.15) is 0 Å². The van der Waals surface area contributed by atoms with Crippen LogP contribution in [0.1, 0.15) is 0 Å². The van der Waals surface area contributed by atoms with Gasteiger partial charge in [-0.15, -0.1) is 0 Å². The summed E-state index contributed by atoms with van der Waals surface area (Å²) in [6, 6.07) is 55.8. The number of pyridine rings is 1. The highest BCUT2D eigenvalue weighted by Gasteiger charge is 2.17. The molecule has 0 radical (unpaired) electrons. The Morgan fingerprint density at radius 3 is 1.82 bits per heavy atom. The Bertz CT molecular complexity index is 3060. The molecule has 0 unspecified atom stereocenters. The number of rotatable bonds is 4. The molecule has 11 rings (SSSR count). The van der Waals surface area contributed by atoms with Gasteiger partial charge in [-0.05, 0) is 72.8 Å². The van der Waals surface area contributed by atoms with Crippen molar-refractivity contribution in [1.29, 1.82) is 0 Å². The topological polar surface area (TPSA) is 45.0 Å². The van der Waals surface area contributed by atoms with E-state index in [1.165, 1.54) is 32.6 Å². The molecule has 0 bridgehead atoms. The molecule has 0 saturated carbocycles. The second kappa shape index (κ2) is 10.3. The molecule has 11 aromatic rings. The number of nitrogens with zero attached hydrogens (tertiary/aromatic N) is 6. The minimum atomic E-state index is 0.881. The average Bonchev–Trinajstić information content (AvgIpc) is 3.93. The molecular weight excluding hydrogens is 613 g/mol. The van der Waals surface area contributed by atoms with E-state index in [9.17, 15) is 0 Å². The van der Waals surface area contributed by atoms with Crippen LogP contribution in [0.2, 0.25) is 0 Å². The third kappa shape index (κ3) is 3.84. The summed E-state index contributed by atoms with van der Waals surface area (Å²) < 4.78 is 8.94. The molecule has 0 spiro atoms. The first-order valence-electron chi connectivity index (χ1n) is 16.8. The fourth-order valence-corrected chi connectivity index (χ4v) is 7.82. The van der Waals surface area contributed by atoms with Gasteiger partial charge in [0.25, 0.3) is 0 Å². The maximum atomic E-state index is 5.29. The zero-order valence-corrected chi connectivity index (χ0v) is 26.8. The van der Waals surface area contributed by atoms with E-state index in [4.69, 9.17) is 9.97 Å². The van der Waals surface area contributed by atoms with E-state index < -0.39 is 0 Å². The molecule has 0 N–H and O–H groups in total. The first kappa shape index (κ1) is 27.1. The van der Waals surface area contributed by atoms with Crippen molar-refractivity contribution in [3.8, 4) is 28.5 Å². The second-order valence-corrected chi connectivity index (χ2v) is 12.8. The van der Waals surface area contributed by atoms with Gasteiger partial charge in [-0.25, -0.2) is 9.97 Å². The molecule has 0 saturated heterocycles. The molecular formula is C44H28N6. The Kier molecular flexibility index (Phi) is 5.57. The highest BCUT2D eigenvalue weighted by atomic mass is 15.2. The summed E-state index contributed by atoms with van der Waals surface area (Å²) >= 11 is 0. The lowest BCUT2D eigenvalue weighted by Crippen LogP contribution is -1.99. The third-order valence-electron chi connectivity index (χ3n) is 10.0. The molecule has 0 atom stereocenters. The van der Waals surface area contributed by atoms with Crippen LogP contribution in [0.4, 0.5) is 0 Å². The van der Waals surface area contributed by atoms with E-state index >= 15 is 0 Å². The molecule has 0 amide bonds. The molecule has 50 heavy (non-hydrogen) atoms. The Morgan fingerprint density at radius 1 is 0.400 bits per heavy atom. The summed E-state index contributed by atoms with van der Waals surface area (Å²) in [7, 11) is 0. The van der Waals surface area contributed by atoms with E-state index in [2.05, 4.69) is 182 Å². The summed E-state index contributed by atoms with van der Waals surface area (Å²) in [6.07, 6.45) is 4.15. The van der Waals surface area contributed by atoms with Crippen molar-refractivity contribution >= 4 is 60.4 Å². The minimum Gasteiger partial charge on any atom is -0.309 e. The van der Waals surface area contributed by atoms with E-state index in [0.717, 1.165) is 56.3 Å². The first-order chi connectivity index (χ1) is 24.8. The van der Waals surface area contributed by atoms with Crippen LogP contribution in [0.25, 0.3) is 88.9 Å². The predicted molar refractivity (Wildman–Crippen MR) is 204 cm³/mol. The van der Waals surface area contributed by atoms with Crippen molar-refractivity contribution < 1.29 is 0 Å². The van der Waals surface area contributed by atoms with Crippen LogP contribution in [0, 0.1) is 0 Å². The summed E-state index contributed by atoms with van der Waals surface area (Å²) in [4.78, 5) is 10.2. The van der Waals surface area contributed by atoms with Crippen molar-refractivity contribution in [2.24, 2.45) is 0 Å². The molecule has 0 aliphatic carbocycles. The average molecular weight is 641 g/mol. The second-order valence-electron chi connectivity index (χ2n) is 12.8. The van der Waals surface area contributed by atoms with Crippen LogP contribution in [0.5, 0.6) is 0 Å². The molecule has 6 nitrogen and oxygen atoms in total. The predicted octanol–water partition coefficient (Wildman–Crippen LogP) is 10.5. The molecule has 5 aromatic heterocycles. The van der Waals surface area contributed by atoms with E-state index in [1.807, 2.05) is 6.07 Å². The highest BCUT2D eigenvalue weighted by Crippen LogP contribution is 2.37. The summed E-state index contributed by atoms with van der Waals surface area (Å²) in [5.41, 5.74) is 10.9.